The van der Waals surface area contributed by atoms with Crippen LogP contribution in [0.4, 0.5) is 0 Å². The highest BCUT2D eigenvalue weighted by Gasteiger charge is 2.39. The van der Waals surface area contributed by atoms with Gasteiger partial charge in [0, 0.05) is 37.7 Å². The average Bonchev–Trinajstić information content (AvgIpc) is 3.00. The number of benzene rings is 1. The Labute approximate surface area is 184 Å². The van der Waals surface area contributed by atoms with Crippen molar-refractivity contribution >= 4 is 11.8 Å². The van der Waals surface area contributed by atoms with Crippen molar-refractivity contribution in [3.8, 4) is 0 Å². The maximum Gasteiger partial charge on any atom is 0.303 e. The third-order valence-electron chi connectivity index (χ3n) is 5.88. The molecule has 1 unspecified atom stereocenters. The van der Waals surface area contributed by atoms with Crippen molar-refractivity contribution in [2.75, 3.05) is 7.11 Å². The molecule has 0 bridgehead atoms. The number of ether oxygens (including phenoxy) is 1. The number of aliphatic carboxylic acids is 1. The molecule has 0 amide bonds. The minimum atomic E-state index is -0.814. The van der Waals surface area contributed by atoms with Crippen molar-refractivity contribution < 1.29 is 29.6 Å². The molecule has 2 rings (SSSR count). The van der Waals surface area contributed by atoms with Gasteiger partial charge in [-0.05, 0) is 30.4 Å². The number of carbonyl (C=O) groups excluding carboxylic acids is 1. The van der Waals surface area contributed by atoms with Gasteiger partial charge in [0.25, 0.3) is 0 Å². The molecular formula is C25H34O6. The van der Waals surface area contributed by atoms with E-state index >= 15 is 0 Å². The van der Waals surface area contributed by atoms with Crippen molar-refractivity contribution in [2.24, 2.45) is 11.8 Å². The summed E-state index contributed by atoms with van der Waals surface area (Å²) in [6, 6.07) is 7.89. The number of carboxylic acids is 1. The Kier molecular flexibility index (Phi) is 10.1. The molecule has 1 aromatic carbocycles. The highest BCUT2D eigenvalue weighted by atomic mass is 16.5. The number of hydrogen-bond acceptors (Lipinski definition) is 5. The van der Waals surface area contributed by atoms with E-state index in [1.54, 1.807) is 19.3 Å². The Hall–Kier alpha value is -2.28. The number of carbonyl (C=O) groups is 2. The fourth-order valence-corrected chi connectivity index (χ4v) is 4.00. The van der Waals surface area contributed by atoms with E-state index in [2.05, 4.69) is 0 Å². The first-order chi connectivity index (χ1) is 14.8. The van der Waals surface area contributed by atoms with Crippen LogP contribution in [0.15, 0.2) is 48.6 Å². The van der Waals surface area contributed by atoms with Crippen molar-refractivity contribution in [2.45, 2.75) is 63.8 Å². The molecule has 1 aliphatic rings. The summed E-state index contributed by atoms with van der Waals surface area (Å²) in [6.45, 7) is 2.45. The maximum atomic E-state index is 12.3. The van der Waals surface area contributed by atoms with Crippen molar-refractivity contribution in [3.63, 3.8) is 0 Å². The van der Waals surface area contributed by atoms with Crippen LogP contribution in [0, 0.1) is 11.8 Å². The topological polar surface area (TPSA) is 104 Å². The molecule has 0 aliphatic heterocycles. The number of allylic oxidation sites excluding steroid dienone is 2. The van der Waals surface area contributed by atoms with Crippen LogP contribution in [-0.2, 0) is 20.9 Å². The third-order valence-corrected chi connectivity index (χ3v) is 5.88. The monoisotopic (exact) mass is 430 g/mol. The number of unbranched alkanes of at least 4 members (excludes halogenated alkanes) is 1. The van der Waals surface area contributed by atoms with Crippen LogP contribution in [0.2, 0.25) is 0 Å². The fraction of sp³-hybridized carbons (Fsp3) is 0.520. The summed E-state index contributed by atoms with van der Waals surface area (Å²) < 4.78 is 5.17. The summed E-state index contributed by atoms with van der Waals surface area (Å²) in [5.41, 5.74) is 2.03. The number of aliphatic hydroxyl groups is 2. The SMILES string of the molecule is COCc1cccc(C(C)[C@@H](O)/C=C/[C@H]2[C@H](O)CC(=O)[C@@H]2C/C=C\CCCC(=O)O)c1. The summed E-state index contributed by atoms with van der Waals surface area (Å²) in [5, 5.41) is 29.7. The Morgan fingerprint density at radius 2 is 2.10 bits per heavy atom. The van der Waals surface area contributed by atoms with Gasteiger partial charge in [-0.1, -0.05) is 55.5 Å². The third kappa shape index (κ3) is 7.73. The van der Waals surface area contributed by atoms with Crippen LogP contribution in [0.1, 0.15) is 56.1 Å². The second-order valence-corrected chi connectivity index (χ2v) is 8.26. The van der Waals surface area contributed by atoms with Crippen LogP contribution in [0.5, 0.6) is 0 Å². The quantitative estimate of drug-likeness (QED) is 0.346. The van der Waals surface area contributed by atoms with Crippen LogP contribution < -0.4 is 0 Å². The molecule has 0 spiro atoms. The number of methoxy groups -OCH3 is 1. The summed E-state index contributed by atoms with van der Waals surface area (Å²) >= 11 is 0. The molecule has 1 aromatic rings. The molecule has 0 aromatic heterocycles. The first-order valence-electron chi connectivity index (χ1n) is 10.8. The molecule has 6 heteroatoms. The molecule has 1 saturated carbocycles. The fourth-order valence-electron chi connectivity index (χ4n) is 4.00. The van der Waals surface area contributed by atoms with Gasteiger partial charge >= 0.3 is 5.97 Å². The molecule has 0 saturated heterocycles. The molecule has 6 nitrogen and oxygen atoms in total. The molecule has 5 atom stereocenters. The van der Waals surface area contributed by atoms with Gasteiger partial charge in [0.15, 0.2) is 0 Å². The Morgan fingerprint density at radius 3 is 2.81 bits per heavy atom. The average molecular weight is 431 g/mol. The van der Waals surface area contributed by atoms with Gasteiger partial charge in [0.2, 0.25) is 0 Å². The second kappa shape index (κ2) is 12.5. The Balaban J connectivity index is 1.97. The predicted molar refractivity (Wildman–Crippen MR) is 119 cm³/mol. The molecule has 1 aliphatic carbocycles. The van der Waals surface area contributed by atoms with E-state index in [0.717, 1.165) is 11.1 Å². The van der Waals surface area contributed by atoms with Crippen LogP contribution >= 0.6 is 0 Å². The normalized spacial score (nSPS) is 23.6. The van der Waals surface area contributed by atoms with E-state index in [1.807, 2.05) is 43.3 Å². The number of ketones is 1. The zero-order valence-electron chi connectivity index (χ0n) is 18.3. The number of carboxylic acid groups (broad SMARTS) is 1. The maximum absolute atomic E-state index is 12.3. The minimum Gasteiger partial charge on any atom is -0.481 e. The lowest BCUT2D eigenvalue weighted by Gasteiger charge is -2.20. The lowest BCUT2D eigenvalue weighted by molar-refractivity contribution is -0.137. The molecule has 3 N–H and O–H groups in total. The van der Waals surface area contributed by atoms with Crippen LogP contribution in [-0.4, -0.2) is 46.4 Å². The Bertz CT molecular complexity index is 784. The zero-order valence-corrected chi connectivity index (χ0v) is 18.3. The van der Waals surface area contributed by atoms with Crippen LogP contribution in [0.25, 0.3) is 0 Å². The Morgan fingerprint density at radius 1 is 1.32 bits per heavy atom. The molecule has 1 fully saturated rings. The van der Waals surface area contributed by atoms with Crippen molar-refractivity contribution in [3.05, 3.63) is 59.7 Å². The van der Waals surface area contributed by atoms with E-state index in [1.165, 1.54) is 0 Å². The van der Waals surface area contributed by atoms with E-state index in [9.17, 15) is 19.8 Å². The summed E-state index contributed by atoms with van der Waals surface area (Å²) in [7, 11) is 1.64. The highest BCUT2D eigenvalue weighted by Crippen LogP contribution is 2.34. The number of aliphatic hydroxyl groups excluding tert-OH is 2. The molecule has 31 heavy (non-hydrogen) atoms. The standard InChI is InChI=1S/C25H34O6/c1-17(19-9-7-8-18(14-19)16-31-2)22(26)13-12-21-20(23(27)15-24(21)28)10-5-3-4-6-11-25(29)30/h3,5,7-9,12-14,17,20-22,24,26,28H,4,6,10-11,15-16H2,1-2H3,(H,29,30)/b5-3-,13-12+/t17?,20-,21-,22+,24-/m1/s1. The second-order valence-electron chi connectivity index (χ2n) is 8.26. The zero-order chi connectivity index (χ0) is 22.8. The van der Waals surface area contributed by atoms with E-state index in [-0.39, 0.29) is 36.4 Å². The van der Waals surface area contributed by atoms with E-state index < -0.39 is 18.2 Å². The van der Waals surface area contributed by atoms with Crippen molar-refractivity contribution in [1.29, 1.82) is 0 Å². The predicted octanol–water partition coefficient (Wildman–Crippen LogP) is 3.62. The largest absolute Gasteiger partial charge is 0.481 e. The van der Waals surface area contributed by atoms with Gasteiger partial charge in [-0.3, -0.25) is 9.59 Å². The summed E-state index contributed by atoms with van der Waals surface area (Å²) in [6.07, 6.45) is 7.72. The first kappa shape index (κ1) is 25.0. The van der Waals surface area contributed by atoms with Gasteiger partial charge in [-0.15, -0.1) is 0 Å². The molecular weight excluding hydrogens is 396 g/mol. The van der Waals surface area contributed by atoms with Crippen LogP contribution in [0.3, 0.4) is 0 Å². The van der Waals surface area contributed by atoms with Gasteiger partial charge in [0.1, 0.15) is 5.78 Å². The molecule has 0 radical (unpaired) electrons. The lowest BCUT2D eigenvalue weighted by Crippen LogP contribution is -2.20. The van der Waals surface area contributed by atoms with Crippen molar-refractivity contribution in [1.82, 2.24) is 0 Å². The van der Waals surface area contributed by atoms with E-state index in [4.69, 9.17) is 9.84 Å². The van der Waals surface area contributed by atoms with Gasteiger partial charge in [-0.2, -0.15) is 0 Å². The van der Waals surface area contributed by atoms with Gasteiger partial charge in [0.05, 0.1) is 18.8 Å². The molecule has 0 heterocycles. The van der Waals surface area contributed by atoms with Gasteiger partial charge in [-0.25, -0.2) is 0 Å². The van der Waals surface area contributed by atoms with Gasteiger partial charge < -0.3 is 20.1 Å². The smallest absolute Gasteiger partial charge is 0.303 e. The number of hydrogen-bond donors (Lipinski definition) is 3. The molecule has 170 valence electrons. The minimum absolute atomic E-state index is 0.0205. The first-order valence-corrected chi connectivity index (χ1v) is 10.8. The summed E-state index contributed by atoms with van der Waals surface area (Å²) in [4.78, 5) is 22.9. The number of Topliss-reactive ketones (excluding diaryl/α,β-unsaturated/α-hetero) is 1. The lowest BCUT2D eigenvalue weighted by atomic mass is 9.88. The summed E-state index contributed by atoms with van der Waals surface area (Å²) in [5.74, 6) is -1.60. The number of rotatable bonds is 12. The van der Waals surface area contributed by atoms with E-state index in [0.29, 0.717) is 25.9 Å². The highest BCUT2D eigenvalue weighted by molar-refractivity contribution is 5.84.